The van der Waals surface area contributed by atoms with Gasteiger partial charge in [0.15, 0.2) is 0 Å². The number of thiophene rings is 1. The molecule has 4 nitrogen and oxygen atoms in total. The number of hydrogen-bond donors (Lipinski definition) is 0. The van der Waals surface area contributed by atoms with Crippen LogP contribution in [0.3, 0.4) is 0 Å². The molecule has 36 heavy (non-hydrogen) atoms. The second-order valence-corrected chi connectivity index (χ2v) is 12.0. The number of carbonyl (C=O) groups excluding carboxylic acids is 2. The lowest BCUT2D eigenvalue weighted by atomic mass is 9.85. The van der Waals surface area contributed by atoms with E-state index in [0.717, 1.165) is 24.0 Å². The molecule has 2 heterocycles. The molecule has 0 N–H and O–H groups in total. The van der Waals surface area contributed by atoms with Crippen molar-refractivity contribution in [3.63, 3.8) is 0 Å². The van der Waals surface area contributed by atoms with E-state index < -0.39 is 0 Å². The van der Waals surface area contributed by atoms with Crippen LogP contribution in [0.25, 0.3) is 0 Å². The molecule has 1 aliphatic heterocycles. The molecule has 2 aromatic carbocycles. The molecule has 1 aliphatic rings. The maximum Gasteiger partial charge on any atom is 0.254 e. The topological polar surface area (TPSA) is 40.6 Å². The summed E-state index contributed by atoms with van der Waals surface area (Å²) in [6.07, 6.45) is 1.64. The van der Waals surface area contributed by atoms with Crippen molar-refractivity contribution in [2.75, 3.05) is 13.1 Å². The van der Waals surface area contributed by atoms with Gasteiger partial charge in [0.25, 0.3) is 5.91 Å². The predicted octanol–water partition coefficient (Wildman–Crippen LogP) is 6.77. The third kappa shape index (κ3) is 5.41. The SMILES string of the molecule is CCC(C)N(CC(=O)N1CCc2sccc2C1c1ccc(C(C)(C)C)cc1)C(=O)c1ccc(C)cc1. The Morgan fingerprint density at radius 1 is 1.06 bits per heavy atom. The van der Waals surface area contributed by atoms with Gasteiger partial charge in [-0.2, -0.15) is 0 Å². The molecule has 5 heteroatoms. The maximum atomic E-state index is 13.9. The molecule has 0 saturated heterocycles. The fraction of sp³-hybridized carbons (Fsp3) is 0.419. The third-order valence-corrected chi connectivity index (χ3v) is 8.36. The van der Waals surface area contributed by atoms with Gasteiger partial charge in [0.2, 0.25) is 5.91 Å². The van der Waals surface area contributed by atoms with Gasteiger partial charge in [-0.05, 0) is 72.4 Å². The molecule has 3 aromatic rings. The zero-order valence-electron chi connectivity index (χ0n) is 22.4. The van der Waals surface area contributed by atoms with Crippen LogP contribution in [0.4, 0.5) is 0 Å². The highest BCUT2D eigenvalue weighted by Crippen LogP contribution is 2.38. The molecule has 2 unspecified atom stereocenters. The summed E-state index contributed by atoms with van der Waals surface area (Å²) in [6, 6.07) is 18.3. The number of benzene rings is 2. The summed E-state index contributed by atoms with van der Waals surface area (Å²) in [5.41, 5.74) is 5.41. The minimum absolute atomic E-state index is 0.00231. The molecule has 0 fully saturated rings. The molecule has 2 amide bonds. The summed E-state index contributed by atoms with van der Waals surface area (Å²) in [5.74, 6) is -0.0884. The zero-order chi connectivity index (χ0) is 26.0. The summed E-state index contributed by atoms with van der Waals surface area (Å²) in [7, 11) is 0. The van der Waals surface area contributed by atoms with Crippen LogP contribution >= 0.6 is 11.3 Å². The first-order chi connectivity index (χ1) is 17.1. The lowest BCUT2D eigenvalue weighted by Crippen LogP contribution is -2.49. The second-order valence-electron chi connectivity index (χ2n) is 11.0. The van der Waals surface area contributed by atoms with Crippen molar-refractivity contribution in [1.82, 2.24) is 9.80 Å². The Labute approximate surface area is 219 Å². The average Bonchev–Trinajstić information content (AvgIpc) is 3.34. The molecule has 0 radical (unpaired) electrons. The molecule has 1 aromatic heterocycles. The molecule has 0 spiro atoms. The largest absolute Gasteiger partial charge is 0.330 e. The van der Waals surface area contributed by atoms with Crippen molar-refractivity contribution in [3.05, 3.63) is 92.7 Å². The van der Waals surface area contributed by atoms with E-state index in [1.54, 1.807) is 16.2 Å². The summed E-state index contributed by atoms with van der Waals surface area (Å²) < 4.78 is 0. The maximum absolute atomic E-state index is 13.9. The smallest absolute Gasteiger partial charge is 0.254 e. The van der Waals surface area contributed by atoms with E-state index in [1.807, 2.05) is 43.0 Å². The predicted molar refractivity (Wildman–Crippen MR) is 149 cm³/mol. The fourth-order valence-corrected chi connectivity index (χ4v) is 5.76. The first-order valence-electron chi connectivity index (χ1n) is 12.9. The van der Waals surface area contributed by atoms with Gasteiger partial charge in [0.05, 0.1) is 6.04 Å². The molecule has 0 bridgehead atoms. The van der Waals surface area contributed by atoms with Crippen molar-refractivity contribution < 1.29 is 9.59 Å². The van der Waals surface area contributed by atoms with Crippen LogP contribution in [0, 0.1) is 6.92 Å². The highest BCUT2D eigenvalue weighted by Gasteiger charge is 2.35. The van der Waals surface area contributed by atoms with Gasteiger partial charge < -0.3 is 9.80 Å². The molecular weight excluding hydrogens is 464 g/mol. The van der Waals surface area contributed by atoms with Gasteiger partial charge in [-0.15, -0.1) is 11.3 Å². The van der Waals surface area contributed by atoms with Gasteiger partial charge in [0, 0.05) is 23.0 Å². The van der Waals surface area contributed by atoms with Crippen LogP contribution in [0.5, 0.6) is 0 Å². The van der Waals surface area contributed by atoms with Gasteiger partial charge in [-0.25, -0.2) is 0 Å². The van der Waals surface area contributed by atoms with E-state index in [2.05, 4.69) is 63.4 Å². The number of carbonyl (C=O) groups is 2. The highest BCUT2D eigenvalue weighted by molar-refractivity contribution is 7.10. The Hall–Kier alpha value is -2.92. The number of amides is 2. The van der Waals surface area contributed by atoms with E-state index in [9.17, 15) is 9.59 Å². The van der Waals surface area contributed by atoms with Gasteiger partial charge >= 0.3 is 0 Å². The summed E-state index contributed by atoms with van der Waals surface area (Å²) in [5, 5.41) is 2.13. The Bertz CT molecular complexity index is 1200. The molecule has 2 atom stereocenters. The van der Waals surface area contributed by atoms with Crippen LogP contribution in [0.1, 0.15) is 84.6 Å². The van der Waals surface area contributed by atoms with E-state index in [1.165, 1.54) is 16.0 Å². The quantitative estimate of drug-likeness (QED) is 0.373. The first-order valence-corrected chi connectivity index (χ1v) is 13.8. The number of nitrogens with zero attached hydrogens (tertiary/aromatic N) is 2. The number of rotatable bonds is 6. The highest BCUT2D eigenvalue weighted by atomic mass is 32.1. The standard InChI is InChI=1S/C31H38N2O2S/c1-7-22(3)33(30(35)24-10-8-21(2)9-11-24)20-28(34)32-18-16-27-26(17-19-36-27)29(32)23-12-14-25(15-13-23)31(4,5)6/h8-15,17,19,22,29H,7,16,18,20H2,1-6H3. The van der Waals surface area contributed by atoms with Crippen LogP contribution < -0.4 is 0 Å². The summed E-state index contributed by atoms with van der Waals surface area (Å²) in [4.78, 5) is 32.4. The summed E-state index contributed by atoms with van der Waals surface area (Å²) in [6.45, 7) is 13.5. The first kappa shape index (κ1) is 26.2. The zero-order valence-corrected chi connectivity index (χ0v) is 23.2. The van der Waals surface area contributed by atoms with E-state index in [0.29, 0.717) is 12.1 Å². The van der Waals surface area contributed by atoms with E-state index >= 15 is 0 Å². The van der Waals surface area contributed by atoms with E-state index in [4.69, 9.17) is 0 Å². The molecular formula is C31H38N2O2S. The molecule has 0 aliphatic carbocycles. The van der Waals surface area contributed by atoms with Crippen LogP contribution in [-0.2, 0) is 16.6 Å². The lowest BCUT2D eigenvalue weighted by molar-refractivity contribution is -0.134. The van der Waals surface area contributed by atoms with Crippen molar-refractivity contribution in [1.29, 1.82) is 0 Å². The van der Waals surface area contributed by atoms with E-state index in [-0.39, 0.29) is 35.9 Å². The van der Waals surface area contributed by atoms with Gasteiger partial charge in [-0.3, -0.25) is 9.59 Å². The molecule has 4 rings (SSSR count). The Kier molecular flexibility index (Phi) is 7.70. The average molecular weight is 503 g/mol. The number of aryl methyl sites for hydroxylation is 1. The normalized spacial score (nSPS) is 16.4. The summed E-state index contributed by atoms with van der Waals surface area (Å²) >= 11 is 1.77. The lowest BCUT2D eigenvalue weighted by Gasteiger charge is -2.38. The number of hydrogen-bond acceptors (Lipinski definition) is 3. The van der Waals surface area contributed by atoms with Gasteiger partial charge in [-0.1, -0.05) is 69.7 Å². The van der Waals surface area contributed by atoms with Crippen molar-refractivity contribution >= 4 is 23.2 Å². The van der Waals surface area contributed by atoms with Gasteiger partial charge in [0.1, 0.15) is 6.54 Å². The minimum Gasteiger partial charge on any atom is -0.330 e. The van der Waals surface area contributed by atoms with Crippen molar-refractivity contribution in [3.8, 4) is 0 Å². The Morgan fingerprint density at radius 2 is 1.72 bits per heavy atom. The second kappa shape index (κ2) is 10.6. The third-order valence-electron chi connectivity index (χ3n) is 7.37. The molecule has 0 saturated carbocycles. The molecule has 190 valence electrons. The monoisotopic (exact) mass is 502 g/mol. The van der Waals surface area contributed by atoms with Crippen molar-refractivity contribution in [2.24, 2.45) is 0 Å². The Morgan fingerprint density at radius 3 is 2.33 bits per heavy atom. The fourth-order valence-electron chi connectivity index (χ4n) is 4.86. The van der Waals surface area contributed by atoms with Crippen molar-refractivity contribution in [2.45, 2.75) is 71.9 Å². The van der Waals surface area contributed by atoms with Crippen LogP contribution in [-0.4, -0.2) is 40.7 Å². The number of fused-ring (bicyclic) bond motifs is 1. The minimum atomic E-state index is -0.130. The van der Waals surface area contributed by atoms with Crippen LogP contribution in [0.2, 0.25) is 0 Å². The Balaban J connectivity index is 1.64. The van der Waals surface area contributed by atoms with Crippen LogP contribution in [0.15, 0.2) is 60.0 Å².